The number of hydrazone groups is 1. The van der Waals surface area contributed by atoms with Crippen molar-refractivity contribution < 1.29 is 4.79 Å². The first-order chi connectivity index (χ1) is 9.70. The Balaban J connectivity index is 2.02. The average molecular weight is 274 g/mol. The van der Waals surface area contributed by atoms with E-state index in [0.717, 1.165) is 38.4 Å². The monoisotopic (exact) mass is 274 g/mol. The summed E-state index contributed by atoms with van der Waals surface area (Å²) in [7, 11) is 0. The first-order valence-electron chi connectivity index (χ1n) is 7.07. The smallest absolute Gasteiger partial charge is 0.196 e. The van der Waals surface area contributed by atoms with Crippen molar-refractivity contribution in [3.8, 4) is 0 Å². The summed E-state index contributed by atoms with van der Waals surface area (Å²) in [4.78, 5) is 16.2. The van der Waals surface area contributed by atoms with Gasteiger partial charge in [-0.05, 0) is 18.7 Å². The van der Waals surface area contributed by atoms with Crippen LogP contribution in [-0.4, -0.2) is 54.1 Å². The van der Waals surface area contributed by atoms with Crippen LogP contribution in [0.5, 0.6) is 0 Å². The topological polar surface area (TPSA) is 47.9 Å². The fraction of sp³-hybridized carbons (Fsp3) is 0.467. The molecule has 1 N–H and O–H groups in total. The average Bonchev–Trinajstić information content (AvgIpc) is 2.49. The molecule has 0 aliphatic carbocycles. The molecule has 0 unspecified atom stereocenters. The second-order valence-corrected chi connectivity index (χ2v) is 4.89. The Kier molecular flexibility index (Phi) is 5.12. The third kappa shape index (κ3) is 3.81. The second kappa shape index (κ2) is 7.05. The summed E-state index contributed by atoms with van der Waals surface area (Å²) in [6.45, 7) is 8.45. The van der Waals surface area contributed by atoms with Crippen molar-refractivity contribution >= 4 is 17.3 Å². The lowest BCUT2D eigenvalue weighted by atomic mass is 10.2. The molecule has 0 saturated carbocycles. The minimum absolute atomic E-state index is 0.00150. The minimum atomic E-state index is -0.00150. The third-order valence-electron chi connectivity index (χ3n) is 3.50. The molecule has 5 heteroatoms. The molecule has 1 saturated heterocycles. The molecule has 0 aromatic heterocycles. The molecule has 0 radical (unpaired) electrons. The number of hydrogen-bond donors (Lipinski definition) is 1. The Hall–Kier alpha value is -1.88. The maximum absolute atomic E-state index is 11.8. The number of nitrogens with zero attached hydrogens (tertiary/aromatic N) is 3. The van der Waals surface area contributed by atoms with Crippen molar-refractivity contribution in [3.63, 3.8) is 0 Å². The summed E-state index contributed by atoms with van der Waals surface area (Å²) in [6, 6.07) is 9.67. The van der Waals surface area contributed by atoms with Gasteiger partial charge in [0.05, 0.1) is 5.69 Å². The van der Waals surface area contributed by atoms with Gasteiger partial charge in [-0.15, -0.1) is 0 Å². The molecule has 1 aromatic rings. The summed E-state index contributed by atoms with van der Waals surface area (Å²) in [5.74, 6) is 0.517. The predicted molar refractivity (Wildman–Crippen MR) is 81.9 cm³/mol. The Morgan fingerprint density at radius 1 is 1.20 bits per heavy atom. The van der Waals surface area contributed by atoms with Crippen molar-refractivity contribution in [1.29, 1.82) is 0 Å². The number of likely N-dealkylation sites (N-methyl/N-ethyl adjacent to an activating group) is 1. The van der Waals surface area contributed by atoms with E-state index in [1.54, 1.807) is 6.92 Å². The van der Waals surface area contributed by atoms with Crippen molar-refractivity contribution in [2.45, 2.75) is 13.8 Å². The third-order valence-corrected chi connectivity index (χ3v) is 3.50. The fourth-order valence-corrected chi connectivity index (χ4v) is 2.28. The largest absolute Gasteiger partial charge is 0.350 e. The van der Waals surface area contributed by atoms with E-state index in [0.29, 0.717) is 5.84 Å². The zero-order chi connectivity index (χ0) is 14.4. The van der Waals surface area contributed by atoms with Gasteiger partial charge in [-0.2, -0.15) is 5.10 Å². The number of ketones is 1. The van der Waals surface area contributed by atoms with E-state index in [4.69, 9.17) is 0 Å². The number of amidine groups is 1. The van der Waals surface area contributed by atoms with E-state index in [1.807, 2.05) is 30.3 Å². The number of piperazine rings is 1. The molecule has 5 nitrogen and oxygen atoms in total. The predicted octanol–water partition coefficient (Wildman–Crippen LogP) is 1.64. The van der Waals surface area contributed by atoms with Crippen LogP contribution in [0.25, 0.3) is 0 Å². The van der Waals surface area contributed by atoms with Crippen LogP contribution in [0.15, 0.2) is 35.4 Å². The molecule has 1 fully saturated rings. The minimum Gasteiger partial charge on any atom is -0.350 e. The number of benzene rings is 1. The molecule has 1 aliphatic heterocycles. The first-order valence-corrected chi connectivity index (χ1v) is 7.07. The highest BCUT2D eigenvalue weighted by atomic mass is 16.1. The van der Waals surface area contributed by atoms with Gasteiger partial charge < -0.3 is 9.80 Å². The molecule has 1 heterocycles. The molecule has 0 bridgehead atoms. The molecule has 0 amide bonds. The van der Waals surface area contributed by atoms with Crippen LogP contribution in [0.1, 0.15) is 13.8 Å². The number of nitrogens with one attached hydrogen (secondary N) is 1. The second-order valence-electron chi connectivity index (χ2n) is 4.89. The van der Waals surface area contributed by atoms with Crippen molar-refractivity contribution in [2.24, 2.45) is 5.10 Å². The first kappa shape index (κ1) is 14.5. The van der Waals surface area contributed by atoms with Crippen LogP contribution in [0.4, 0.5) is 5.69 Å². The lowest BCUT2D eigenvalue weighted by Crippen LogP contribution is -2.50. The zero-order valence-electron chi connectivity index (χ0n) is 12.2. The molecular weight excluding hydrogens is 252 g/mol. The van der Waals surface area contributed by atoms with Crippen LogP contribution in [0.2, 0.25) is 0 Å². The number of hydrogen-bond acceptors (Lipinski definition) is 4. The van der Waals surface area contributed by atoms with Gasteiger partial charge in [0.15, 0.2) is 11.6 Å². The Bertz CT molecular complexity index is 464. The molecule has 108 valence electrons. The Labute approximate surface area is 120 Å². The van der Waals surface area contributed by atoms with Gasteiger partial charge in [0.1, 0.15) is 0 Å². The van der Waals surface area contributed by atoms with Crippen molar-refractivity contribution in [2.75, 3.05) is 38.1 Å². The number of para-hydroxylation sites is 1. The van der Waals surface area contributed by atoms with Gasteiger partial charge in [-0.1, -0.05) is 25.1 Å². The van der Waals surface area contributed by atoms with Crippen LogP contribution in [-0.2, 0) is 4.79 Å². The SMILES string of the molecule is CCN1CCN(/C(=N\Nc2ccccc2)C(C)=O)CC1. The van der Waals surface area contributed by atoms with Crippen molar-refractivity contribution in [1.82, 2.24) is 9.80 Å². The van der Waals surface area contributed by atoms with Crippen LogP contribution in [0, 0.1) is 0 Å². The summed E-state index contributed by atoms with van der Waals surface area (Å²) in [5, 5.41) is 4.29. The summed E-state index contributed by atoms with van der Waals surface area (Å²) >= 11 is 0. The fourth-order valence-electron chi connectivity index (χ4n) is 2.28. The van der Waals surface area contributed by atoms with Gasteiger partial charge in [0.2, 0.25) is 0 Å². The van der Waals surface area contributed by atoms with Crippen LogP contribution >= 0.6 is 0 Å². The highest BCUT2D eigenvalue weighted by Crippen LogP contribution is 2.07. The van der Waals surface area contributed by atoms with E-state index in [-0.39, 0.29) is 5.78 Å². The van der Waals surface area contributed by atoms with Gasteiger partial charge in [-0.25, -0.2) is 0 Å². The molecule has 20 heavy (non-hydrogen) atoms. The highest BCUT2D eigenvalue weighted by Gasteiger charge is 2.21. The number of rotatable bonds is 4. The van der Waals surface area contributed by atoms with Gasteiger partial charge in [0, 0.05) is 33.1 Å². The Morgan fingerprint density at radius 3 is 2.40 bits per heavy atom. The van der Waals surface area contributed by atoms with E-state index in [1.165, 1.54) is 0 Å². The zero-order valence-corrected chi connectivity index (χ0v) is 12.2. The van der Waals surface area contributed by atoms with E-state index < -0.39 is 0 Å². The van der Waals surface area contributed by atoms with Crippen molar-refractivity contribution in [3.05, 3.63) is 30.3 Å². The molecule has 2 rings (SSSR count). The van der Waals surface area contributed by atoms with Gasteiger partial charge >= 0.3 is 0 Å². The van der Waals surface area contributed by atoms with Gasteiger partial charge in [-0.3, -0.25) is 10.2 Å². The lowest BCUT2D eigenvalue weighted by Gasteiger charge is -2.35. The molecule has 1 aromatic carbocycles. The lowest BCUT2D eigenvalue weighted by molar-refractivity contribution is -0.111. The molecular formula is C15H22N4O. The van der Waals surface area contributed by atoms with E-state index in [9.17, 15) is 4.79 Å². The summed E-state index contributed by atoms with van der Waals surface area (Å²) in [5.41, 5.74) is 3.85. The number of carbonyl (C=O) groups excluding carboxylic acids is 1. The van der Waals surface area contributed by atoms with Crippen LogP contribution in [0.3, 0.4) is 0 Å². The molecule has 1 aliphatic rings. The standard InChI is InChI=1S/C15H22N4O/c1-3-18-9-11-19(12-10-18)15(13(2)20)17-16-14-7-5-4-6-8-14/h4-8,16H,3,9-12H2,1-2H3/b17-15-. The Morgan fingerprint density at radius 2 is 1.85 bits per heavy atom. The summed E-state index contributed by atoms with van der Waals surface area (Å²) < 4.78 is 0. The number of anilines is 1. The number of carbonyl (C=O) groups is 1. The molecule has 0 spiro atoms. The van der Waals surface area contributed by atoms with Gasteiger partial charge in [0.25, 0.3) is 0 Å². The highest BCUT2D eigenvalue weighted by molar-refractivity contribution is 6.37. The maximum Gasteiger partial charge on any atom is 0.196 e. The molecule has 0 atom stereocenters. The maximum atomic E-state index is 11.8. The van der Waals surface area contributed by atoms with Crippen LogP contribution < -0.4 is 5.43 Å². The normalized spacial score (nSPS) is 17.1. The van der Waals surface area contributed by atoms with E-state index in [2.05, 4.69) is 27.3 Å². The summed E-state index contributed by atoms with van der Waals surface area (Å²) in [6.07, 6.45) is 0. The quantitative estimate of drug-likeness (QED) is 0.515. The van der Waals surface area contributed by atoms with E-state index >= 15 is 0 Å². The number of Topliss-reactive ketones (excluding diaryl/α,β-unsaturated/α-hetero) is 1.